The summed E-state index contributed by atoms with van der Waals surface area (Å²) in [4.78, 5) is 0. The van der Waals surface area contributed by atoms with Crippen molar-refractivity contribution in [2.75, 3.05) is 6.54 Å². The molecule has 0 heterocycles. The minimum absolute atomic E-state index is 0.0749. The lowest BCUT2D eigenvalue weighted by Crippen LogP contribution is -2.13. The van der Waals surface area contributed by atoms with E-state index in [1.165, 1.54) is 18.2 Å². The molecule has 0 unspecified atom stereocenters. The van der Waals surface area contributed by atoms with Crippen LogP contribution in [0, 0.1) is 18.2 Å². The summed E-state index contributed by atoms with van der Waals surface area (Å²) in [6.45, 7) is 0.768. The van der Waals surface area contributed by atoms with Crippen LogP contribution in [-0.4, -0.2) is 11.7 Å². The molecule has 0 aromatic heterocycles. The molecule has 0 spiro atoms. The van der Waals surface area contributed by atoms with Crippen LogP contribution in [0.25, 0.3) is 0 Å². The van der Waals surface area contributed by atoms with Gasteiger partial charge >= 0.3 is 0 Å². The van der Waals surface area contributed by atoms with Crippen LogP contribution >= 0.6 is 0 Å². The second-order valence-corrected chi connectivity index (χ2v) is 2.58. The Hall–Kier alpha value is -1.53. The first kappa shape index (κ1) is 9.56. The predicted molar refractivity (Wildman–Crippen MR) is 48.6 cm³/mol. The Morgan fingerprint density at radius 2 is 2.31 bits per heavy atom. The van der Waals surface area contributed by atoms with Gasteiger partial charge in [-0.25, -0.2) is 4.39 Å². The lowest BCUT2D eigenvalue weighted by atomic mass is 10.2. The van der Waals surface area contributed by atoms with E-state index in [0.29, 0.717) is 18.7 Å². The van der Waals surface area contributed by atoms with E-state index in [9.17, 15) is 9.50 Å². The van der Waals surface area contributed by atoms with E-state index >= 15 is 0 Å². The summed E-state index contributed by atoms with van der Waals surface area (Å²) >= 11 is 0. The first-order valence-electron chi connectivity index (χ1n) is 3.85. The quantitative estimate of drug-likeness (QED) is 0.540. The third kappa shape index (κ3) is 2.77. The van der Waals surface area contributed by atoms with Gasteiger partial charge in [-0.1, -0.05) is 5.92 Å². The van der Waals surface area contributed by atoms with Crippen molar-refractivity contribution in [3.8, 4) is 18.1 Å². The number of phenols is 1. The lowest BCUT2D eigenvalue weighted by molar-refractivity contribution is 0.463. The number of hydrogen-bond donors (Lipinski definition) is 2. The molecule has 0 atom stereocenters. The normalized spacial score (nSPS) is 9.54. The van der Waals surface area contributed by atoms with E-state index in [1.807, 2.05) is 0 Å². The molecule has 68 valence electrons. The van der Waals surface area contributed by atoms with Crippen molar-refractivity contribution >= 4 is 0 Å². The van der Waals surface area contributed by atoms with Gasteiger partial charge in [0.1, 0.15) is 11.6 Å². The van der Waals surface area contributed by atoms with Crippen molar-refractivity contribution < 1.29 is 9.50 Å². The van der Waals surface area contributed by atoms with Crippen LogP contribution in [0.5, 0.6) is 5.75 Å². The second-order valence-electron chi connectivity index (χ2n) is 2.58. The van der Waals surface area contributed by atoms with Crippen molar-refractivity contribution in [2.45, 2.75) is 6.54 Å². The molecule has 13 heavy (non-hydrogen) atoms. The fourth-order valence-electron chi connectivity index (χ4n) is 0.965. The average molecular weight is 179 g/mol. The highest BCUT2D eigenvalue weighted by atomic mass is 19.1. The Bertz CT molecular complexity index is 330. The van der Waals surface area contributed by atoms with Crippen LogP contribution in [-0.2, 0) is 6.54 Å². The van der Waals surface area contributed by atoms with Crippen LogP contribution in [0.4, 0.5) is 4.39 Å². The Kier molecular flexibility index (Phi) is 3.30. The van der Waals surface area contributed by atoms with E-state index in [0.717, 1.165) is 0 Å². The molecule has 0 saturated heterocycles. The lowest BCUT2D eigenvalue weighted by Gasteiger charge is -2.03. The summed E-state index contributed by atoms with van der Waals surface area (Å²) in [5.74, 6) is 2.09. The van der Waals surface area contributed by atoms with Crippen molar-refractivity contribution in [3.63, 3.8) is 0 Å². The van der Waals surface area contributed by atoms with E-state index in [1.54, 1.807) is 0 Å². The van der Waals surface area contributed by atoms with Crippen molar-refractivity contribution in [1.29, 1.82) is 0 Å². The number of rotatable bonds is 3. The van der Waals surface area contributed by atoms with Crippen LogP contribution in [0.15, 0.2) is 18.2 Å². The number of hydrogen-bond acceptors (Lipinski definition) is 2. The molecule has 0 aliphatic carbocycles. The predicted octanol–water partition coefficient (Wildman–Crippen LogP) is 1.25. The highest BCUT2D eigenvalue weighted by Gasteiger charge is 2.01. The topological polar surface area (TPSA) is 32.3 Å². The first-order valence-corrected chi connectivity index (χ1v) is 3.85. The van der Waals surface area contributed by atoms with Crippen LogP contribution in [0.2, 0.25) is 0 Å². The minimum atomic E-state index is -0.365. The zero-order valence-corrected chi connectivity index (χ0v) is 7.05. The summed E-state index contributed by atoms with van der Waals surface area (Å²) < 4.78 is 12.7. The fraction of sp³-hybridized carbons (Fsp3) is 0.200. The summed E-state index contributed by atoms with van der Waals surface area (Å²) in [5.41, 5.74) is 0.509. The number of halogens is 1. The third-order valence-corrected chi connectivity index (χ3v) is 1.58. The Morgan fingerprint density at radius 1 is 1.54 bits per heavy atom. The van der Waals surface area contributed by atoms with Gasteiger partial charge in [0.25, 0.3) is 0 Å². The van der Waals surface area contributed by atoms with Crippen LogP contribution in [0.1, 0.15) is 5.56 Å². The highest BCUT2D eigenvalue weighted by Crippen LogP contribution is 2.17. The molecule has 1 aromatic rings. The molecule has 2 nitrogen and oxygen atoms in total. The molecular weight excluding hydrogens is 169 g/mol. The summed E-state index contributed by atoms with van der Waals surface area (Å²) in [6, 6.07) is 3.81. The van der Waals surface area contributed by atoms with E-state index in [-0.39, 0.29) is 11.6 Å². The molecule has 0 amide bonds. The maximum atomic E-state index is 12.7. The molecule has 3 heteroatoms. The highest BCUT2D eigenvalue weighted by molar-refractivity contribution is 5.32. The van der Waals surface area contributed by atoms with Gasteiger partial charge in [0, 0.05) is 12.1 Å². The van der Waals surface area contributed by atoms with E-state index < -0.39 is 0 Å². The number of nitrogens with one attached hydrogen (secondary N) is 1. The van der Waals surface area contributed by atoms with Gasteiger partial charge in [-0.3, -0.25) is 0 Å². The third-order valence-electron chi connectivity index (χ3n) is 1.58. The van der Waals surface area contributed by atoms with Gasteiger partial charge in [-0.2, -0.15) is 0 Å². The van der Waals surface area contributed by atoms with E-state index in [4.69, 9.17) is 6.42 Å². The van der Waals surface area contributed by atoms with Gasteiger partial charge in [0.05, 0.1) is 6.54 Å². The maximum absolute atomic E-state index is 12.7. The summed E-state index contributed by atoms with van der Waals surface area (Å²) in [5, 5.41) is 12.1. The van der Waals surface area contributed by atoms with Crippen molar-refractivity contribution in [1.82, 2.24) is 5.32 Å². The summed E-state index contributed by atoms with van der Waals surface area (Å²) in [7, 11) is 0. The number of phenolic OH excluding ortho intramolecular Hbond substituents is 1. The fourth-order valence-corrected chi connectivity index (χ4v) is 0.965. The second kappa shape index (κ2) is 4.48. The Balaban J connectivity index is 2.65. The SMILES string of the molecule is C#CCNCc1cc(F)ccc1O. The standard InChI is InChI=1S/C10H10FNO/c1-2-5-12-7-8-6-9(11)3-4-10(8)13/h1,3-4,6,12-13H,5,7H2. The molecule has 0 bridgehead atoms. The molecular formula is C10H10FNO. The number of terminal acetylenes is 1. The molecule has 0 radical (unpaired) electrons. The zero-order valence-electron chi connectivity index (χ0n) is 7.05. The van der Waals surface area contributed by atoms with Gasteiger partial charge in [0.2, 0.25) is 0 Å². The van der Waals surface area contributed by atoms with E-state index in [2.05, 4.69) is 11.2 Å². The Morgan fingerprint density at radius 3 is 3.00 bits per heavy atom. The van der Waals surface area contributed by atoms with Gasteiger partial charge < -0.3 is 10.4 Å². The molecule has 1 rings (SSSR count). The molecule has 0 saturated carbocycles. The van der Waals surface area contributed by atoms with Gasteiger partial charge in [-0.05, 0) is 18.2 Å². The van der Waals surface area contributed by atoms with Gasteiger partial charge in [-0.15, -0.1) is 6.42 Å². The number of aromatic hydroxyl groups is 1. The minimum Gasteiger partial charge on any atom is -0.508 e. The maximum Gasteiger partial charge on any atom is 0.123 e. The molecule has 0 aliphatic heterocycles. The molecule has 2 N–H and O–H groups in total. The Labute approximate surface area is 76.4 Å². The molecule has 0 fully saturated rings. The average Bonchev–Trinajstić information content (AvgIpc) is 2.11. The monoisotopic (exact) mass is 179 g/mol. The van der Waals surface area contributed by atoms with Crippen LogP contribution in [0.3, 0.4) is 0 Å². The smallest absolute Gasteiger partial charge is 0.123 e. The van der Waals surface area contributed by atoms with Crippen molar-refractivity contribution in [3.05, 3.63) is 29.6 Å². The van der Waals surface area contributed by atoms with Crippen molar-refractivity contribution in [2.24, 2.45) is 0 Å². The number of benzene rings is 1. The zero-order chi connectivity index (χ0) is 9.68. The van der Waals surface area contributed by atoms with Crippen LogP contribution < -0.4 is 5.32 Å². The largest absolute Gasteiger partial charge is 0.508 e. The van der Waals surface area contributed by atoms with Gasteiger partial charge in [0.15, 0.2) is 0 Å². The molecule has 1 aromatic carbocycles. The summed E-state index contributed by atoms with van der Waals surface area (Å²) in [6.07, 6.45) is 5.01. The first-order chi connectivity index (χ1) is 6.24. The molecule has 0 aliphatic rings.